The zero-order valence-electron chi connectivity index (χ0n) is 10.7. The van der Waals surface area contributed by atoms with Gasteiger partial charge in [-0.15, -0.1) is 0 Å². The first-order valence-corrected chi connectivity index (χ1v) is 6.84. The van der Waals surface area contributed by atoms with Crippen molar-refractivity contribution >= 4 is 20.0 Å². The van der Waals surface area contributed by atoms with E-state index in [1.165, 1.54) is 0 Å². The topological polar surface area (TPSA) is 80.3 Å². The van der Waals surface area contributed by atoms with Crippen molar-refractivity contribution in [2.45, 2.75) is 22.9 Å². The molecule has 0 fully saturated rings. The van der Waals surface area contributed by atoms with Gasteiger partial charge in [0, 0.05) is 0 Å². The van der Waals surface area contributed by atoms with Crippen molar-refractivity contribution in [2.24, 2.45) is 0 Å². The summed E-state index contributed by atoms with van der Waals surface area (Å²) in [5.41, 5.74) is -6.55. The molecule has 0 rings (SSSR count). The van der Waals surface area contributed by atoms with E-state index < -0.39 is 47.0 Å². The summed E-state index contributed by atoms with van der Waals surface area (Å²) in [7, 11) is -14.8. The van der Waals surface area contributed by atoms with E-state index in [-0.39, 0.29) is 52.8 Å². The fourth-order valence-electron chi connectivity index (χ4n) is 0.578. The van der Waals surface area contributed by atoms with Crippen LogP contribution in [0.25, 0.3) is 0 Å². The predicted molar refractivity (Wildman–Crippen MR) is 44.1 cm³/mol. The third kappa shape index (κ3) is 4.45. The molecule has 0 saturated heterocycles. The molecule has 1 N–H and O–H groups in total. The van der Waals surface area contributed by atoms with Gasteiger partial charge in [-0.1, -0.05) is 4.13 Å². The van der Waals surface area contributed by atoms with E-state index in [0.717, 1.165) is 0 Å². The molecule has 0 aliphatic heterocycles. The van der Waals surface area contributed by atoms with Crippen molar-refractivity contribution < 1.29 is 114 Å². The van der Waals surface area contributed by atoms with Gasteiger partial charge in [-0.2, -0.15) is 43.9 Å². The summed E-state index contributed by atoms with van der Waals surface area (Å²) in [6.07, 6.45) is -7.19. The summed E-state index contributed by atoms with van der Waals surface area (Å²) in [4.78, 5) is 0. The second kappa shape index (κ2) is 6.60. The van der Waals surface area contributed by atoms with Gasteiger partial charge < -0.3 is 1.43 Å². The molecule has 0 aromatic rings. The first-order valence-electron chi connectivity index (χ1n) is 3.87. The Morgan fingerprint density at radius 2 is 1.00 bits per heavy atom. The van der Waals surface area contributed by atoms with Crippen LogP contribution in [-0.4, -0.2) is 39.7 Å². The Morgan fingerprint density at radius 1 is 0.682 bits per heavy atom. The van der Waals surface area contributed by atoms with Crippen molar-refractivity contribution in [1.82, 2.24) is 4.13 Å². The second-order valence-electron chi connectivity index (χ2n) is 3.12. The Bertz CT molecular complexity index is 610. The van der Waals surface area contributed by atoms with E-state index in [9.17, 15) is 60.7 Å². The van der Waals surface area contributed by atoms with Gasteiger partial charge in [0.2, 0.25) is 0 Å². The Labute approximate surface area is 159 Å². The maximum atomic E-state index is 12.6. The number of hydrogen-bond acceptors (Lipinski definition) is 4. The van der Waals surface area contributed by atoms with Gasteiger partial charge >= 0.3 is 84.3 Å². The maximum Gasteiger partial charge on any atom is 1.00 e. The van der Waals surface area contributed by atoms with Gasteiger partial charge in [0.05, 0.1) is 0 Å². The maximum absolute atomic E-state index is 12.6. The fourth-order valence-corrected chi connectivity index (χ4v) is 2.98. The van der Waals surface area contributed by atoms with Crippen LogP contribution in [0.2, 0.25) is 0 Å². The van der Waals surface area contributed by atoms with Crippen LogP contribution in [-0.2, 0) is 20.0 Å². The van der Waals surface area contributed by atoms with Gasteiger partial charge in [-0.05, 0) is 0 Å². The molecule has 0 aromatic carbocycles. The van der Waals surface area contributed by atoms with Gasteiger partial charge in [0.1, 0.15) is 0 Å². The Morgan fingerprint density at radius 3 is 1.23 bits per heavy atom. The molecule has 0 spiro atoms. The van der Waals surface area contributed by atoms with Crippen LogP contribution in [0, 0.1) is 0 Å². The third-order valence-electron chi connectivity index (χ3n) is 1.58. The second-order valence-corrected chi connectivity index (χ2v) is 6.78. The van der Waals surface area contributed by atoms with Crippen LogP contribution in [0.5, 0.6) is 0 Å². The molecule has 130 valence electrons. The molecule has 22 heavy (non-hydrogen) atoms. The number of rotatable bonds is 4. The minimum absolute atomic E-state index is 0. The average molecular weight is 421 g/mol. The molecule has 0 aromatic heterocycles. The number of nitrogens with one attached hydrogen (secondary N) is 1. The fraction of sp³-hybridized carbons (Fsp3) is 1.00. The summed E-state index contributed by atoms with van der Waals surface area (Å²) >= 11 is 0. The van der Waals surface area contributed by atoms with E-state index in [4.69, 9.17) is 0 Å². The molecule has 0 aliphatic carbocycles. The number of hydrogen-bond donors (Lipinski definition) is 1. The number of sulfonamides is 2. The zero-order chi connectivity index (χ0) is 17.7. The van der Waals surface area contributed by atoms with E-state index in [1.807, 2.05) is 0 Å². The monoisotopic (exact) mass is 421 g/mol. The molecule has 0 amide bonds. The normalized spacial score (nSPS) is 15.4. The Hall–Kier alpha value is 0.796. The Balaban J connectivity index is -0.00000200. The minimum Gasteiger partial charge on any atom is -1.00 e. The molecular formula is C4H2F10KNO4S2. The summed E-state index contributed by atoms with van der Waals surface area (Å²) in [5.74, 6) is -7.35. The van der Waals surface area contributed by atoms with E-state index in [2.05, 4.69) is 0 Å². The largest absolute Gasteiger partial charge is 1.00 e. The molecule has 0 aliphatic rings. The van der Waals surface area contributed by atoms with Crippen LogP contribution in [0.4, 0.5) is 43.9 Å². The van der Waals surface area contributed by atoms with Crippen molar-refractivity contribution in [2.75, 3.05) is 0 Å². The van der Waals surface area contributed by atoms with Crippen LogP contribution in [0.15, 0.2) is 0 Å². The summed E-state index contributed by atoms with van der Waals surface area (Å²) in [6.45, 7) is 0. The van der Waals surface area contributed by atoms with Crippen LogP contribution in [0.1, 0.15) is 1.43 Å². The van der Waals surface area contributed by atoms with E-state index in [0.29, 0.717) is 0 Å². The first-order chi connectivity index (χ1) is 8.71. The van der Waals surface area contributed by atoms with E-state index >= 15 is 0 Å². The number of halogens is 10. The molecule has 0 atom stereocenters. The number of alkyl halides is 10. The zero-order valence-corrected chi connectivity index (χ0v) is 14.5. The third-order valence-corrected chi connectivity index (χ3v) is 4.88. The van der Waals surface area contributed by atoms with Gasteiger partial charge in [-0.3, -0.25) is 0 Å². The van der Waals surface area contributed by atoms with Crippen molar-refractivity contribution in [1.29, 1.82) is 0 Å². The molecule has 0 unspecified atom stereocenters. The van der Waals surface area contributed by atoms with E-state index in [1.54, 1.807) is 0 Å². The summed E-state index contributed by atoms with van der Waals surface area (Å²) in [5, 5.41) is -7.23. The summed E-state index contributed by atoms with van der Waals surface area (Å²) in [6, 6.07) is 0. The van der Waals surface area contributed by atoms with Crippen molar-refractivity contribution in [3.8, 4) is 0 Å². The van der Waals surface area contributed by atoms with Crippen molar-refractivity contribution in [3.05, 3.63) is 0 Å². The molecule has 0 heterocycles. The molecular weight excluding hydrogens is 419 g/mol. The quantitative estimate of drug-likeness (QED) is 0.451. The first kappa shape index (κ1) is 25.0. The molecule has 5 nitrogen and oxygen atoms in total. The van der Waals surface area contributed by atoms with Gasteiger partial charge in [0.25, 0.3) is 10.0 Å². The van der Waals surface area contributed by atoms with Crippen LogP contribution < -0.4 is 55.5 Å². The molecule has 0 bridgehead atoms. The van der Waals surface area contributed by atoms with Gasteiger partial charge in [0.15, 0.2) is 0 Å². The molecule has 0 radical (unpaired) electrons. The van der Waals surface area contributed by atoms with Crippen LogP contribution in [0.3, 0.4) is 0 Å². The van der Waals surface area contributed by atoms with Crippen LogP contribution >= 0.6 is 0 Å². The SMILES string of the molecule is O=S(=O)(NS(=O)(=O)C(F)(F)C(F)(F)C(F)(F)F)C(F)(F)F.[H-].[K+]. The average Bonchev–Trinajstić information content (AvgIpc) is 2.11. The minimum atomic E-state index is -7.60. The smallest absolute Gasteiger partial charge is 1.00 e. The standard InChI is InChI=1S/C4HF10NO4S2.K.H/c5-1(6,2(7,8)9)3(10,11)20(16,17)15-21(18,19)4(12,13)14;;/h15H;;/q;+1;-1. The molecule has 0 saturated carbocycles. The summed E-state index contributed by atoms with van der Waals surface area (Å²) < 4.78 is 160. The Kier molecular flexibility index (Phi) is 7.51. The van der Waals surface area contributed by atoms with Gasteiger partial charge in [-0.25, -0.2) is 16.8 Å². The van der Waals surface area contributed by atoms with Crippen molar-refractivity contribution in [3.63, 3.8) is 0 Å². The molecule has 18 heteroatoms. The predicted octanol–water partition coefficient (Wildman–Crippen LogP) is -1.34.